The second-order valence-corrected chi connectivity index (χ2v) is 4.00. The lowest BCUT2D eigenvalue weighted by atomic mass is 9.96. The zero-order valence-corrected chi connectivity index (χ0v) is 9.90. The number of halogens is 1. The first-order valence-electron chi connectivity index (χ1n) is 5.81. The van der Waals surface area contributed by atoms with Gasteiger partial charge in [-0.15, -0.1) is 0 Å². The predicted octanol–water partition coefficient (Wildman–Crippen LogP) is 2.56. The Balaban J connectivity index is 2.43. The van der Waals surface area contributed by atoms with Crippen LogP contribution in [0.2, 0.25) is 0 Å². The number of benzene rings is 2. The molecule has 92 valence electrons. The molecule has 0 aliphatic rings. The van der Waals surface area contributed by atoms with E-state index in [-0.39, 0.29) is 11.3 Å². The van der Waals surface area contributed by atoms with E-state index in [9.17, 15) is 9.18 Å². The summed E-state index contributed by atoms with van der Waals surface area (Å²) in [6.45, 7) is 0.460. The normalized spacial score (nSPS) is 10.3. The van der Waals surface area contributed by atoms with Crippen molar-refractivity contribution in [1.29, 1.82) is 0 Å². The van der Waals surface area contributed by atoms with Gasteiger partial charge in [0.15, 0.2) is 5.78 Å². The SMILES string of the molecule is NCCc1ccccc1C(=O)c1ccccc1F. The average Bonchev–Trinajstić information content (AvgIpc) is 2.40. The van der Waals surface area contributed by atoms with Crippen molar-refractivity contribution in [2.75, 3.05) is 6.54 Å². The van der Waals surface area contributed by atoms with Crippen molar-refractivity contribution in [3.8, 4) is 0 Å². The van der Waals surface area contributed by atoms with E-state index in [1.807, 2.05) is 12.1 Å². The second kappa shape index (κ2) is 5.56. The standard InChI is InChI=1S/C15H14FNO/c16-14-8-4-3-7-13(14)15(18)12-6-2-1-5-11(12)9-10-17/h1-8H,9-10,17H2. The highest BCUT2D eigenvalue weighted by Crippen LogP contribution is 2.17. The summed E-state index contributed by atoms with van der Waals surface area (Å²) in [7, 11) is 0. The lowest BCUT2D eigenvalue weighted by Gasteiger charge is -2.08. The zero-order chi connectivity index (χ0) is 13.0. The number of carbonyl (C=O) groups is 1. The molecule has 2 nitrogen and oxygen atoms in total. The third-order valence-electron chi connectivity index (χ3n) is 2.79. The minimum atomic E-state index is -0.495. The fourth-order valence-corrected chi connectivity index (χ4v) is 1.91. The van der Waals surface area contributed by atoms with E-state index in [0.717, 1.165) is 5.56 Å². The molecule has 0 amide bonds. The Labute approximate surface area is 105 Å². The van der Waals surface area contributed by atoms with Crippen molar-refractivity contribution in [3.63, 3.8) is 0 Å². The van der Waals surface area contributed by atoms with Gasteiger partial charge in [0.25, 0.3) is 0 Å². The molecule has 18 heavy (non-hydrogen) atoms. The van der Waals surface area contributed by atoms with Gasteiger partial charge in [-0.1, -0.05) is 36.4 Å². The van der Waals surface area contributed by atoms with Crippen LogP contribution in [0.25, 0.3) is 0 Å². The van der Waals surface area contributed by atoms with E-state index in [2.05, 4.69) is 0 Å². The van der Waals surface area contributed by atoms with E-state index < -0.39 is 5.82 Å². The molecule has 2 aromatic rings. The first-order chi connectivity index (χ1) is 8.74. The highest BCUT2D eigenvalue weighted by atomic mass is 19.1. The van der Waals surface area contributed by atoms with Gasteiger partial charge in [0, 0.05) is 5.56 Å². The molecule has 2 aromatic carbocycles. The molecule has 0 aromatic heterocycles. The Kier molecular flexibility index (Phi) is 3.85. The summed E-state index contributed by atoms with van der Waals surface area (Å²) in [6.07, 6.45) is 0.608. The van der Waals surface area contributed by atoms with E-state index in [4.69, 9.17) is 5.73 Å². The van der Waals surface area contributed by atoms with Gasteiger partial charge in [-0.25, -0.2) is 4.39 Å². The summed E-state index contributed by atoms with van der Waals surface area (Å²) in [5.41, 5.74) is 6.99. The lowest BCUT2D eigenvalue weighted by Crippen LogP contribution is -2.11. The Morgan fingerprint density at radius 2 is 1.61 bits per heavy atom. The smallest absolute Gasteiger partial charge is 0.196 e. The predicted molar refractivity (Wildman–Crippen MR) is 69.0 cm³/mol. The van der Waals surface area contributed by atoms with Crippen molar-refractivity contribution < 1.29 is 9.18 Å². The van der Waals surface area contributed by atoms with E-state index >= 15 is 0 Å². The number of ketones is 1. The second-order valence-electron chi connectivity index (χ2n) is 4.00. The van der Waals surface area contributed by atoms with Gasteiger partial charge in [0.05, 0.1) is 5.56 Å². The molecule has 0 spiro atoms. The maximum Gasteiger partial charge on any atom is 0.196 e. The van der Waals surface area contributed by atoms with Crippen LogP contribution < -0.4 is 5.73 Å². The molecular weight excluding hydrogens is 229 g/mol. The van der Waals surface area contributed by atoms with Gasteiger partial charge < -0.3 is 5.73 Å². The summed E-state index contributed by atoms with van der Waals surface area (Å²) in [6, 6.07) is 13.2. The van der Waals surface area contributed by atoms with Crippen LogP contribution >= 0.6 is 0 Å². The molecular formula is C15H14FNO. The summed E-state index contributed by atoms with van der Waals surface area (Å²) in [5.74, 6) is -0.790. The van der Waals surface area contributed by atoms with E-state index in [1.165, 1.54) is 12.1 Å². The topological polar surface area (TPSA) is 43.1 Å². The molecule has 0 heterocycles. The Morgan fingerprint density at radius 1 is 1.00 bits per heavy atom. The maximum absolute atomic E-state index is 13.6. The largest absolute Gasteiger partial charge is 0.330 e. The molecule has 0 saturated carbocycles. The van der Waals surface area contributed by atoms with Crippen LogP contribution in [-0.2, 0) is 6.42 Å². The zero-order valence-electron chi connectivity index (χ0n) is 9.90. The van der Waals surface area contributed by atoms with Crippen LogP contribution in [0.3, 0.4) is 0 Å². The lowest BCUT2D eigenvalue weighted by molar-refractivity contribution is 0.103. The molecule has 0 bridgehead atoms. The van der Waals surface area contributed by atoms with E-state index in [0.29, 0.717) is 18.5 Å². The van der Waals surface area contributed by atoms with Crippen molar-refractivity contribution in [2.45, 2.75) is 6.42 Å². The molecule has 0 aliphatic heterocycles. The molecule has 2 N–H and O–H groups in total. The fraction of sp³-hybridized carbons (Fsp3) is 0.133. The minimum absolute atomic E-state index is 0.0990. The van der Waals surface area contributed by atoms with Crippen LogP contribution in [0.4, 0.5) is 4.39 Å². The maximum atomic E-state index is 13.6. The molecule has 0 aliphatic carbocycles. The van der Waals surface area contributed by atoms with Crippen molar-refractivity contribution in [2.24, 2.45) is 5.73 Å². The summed E-state index contributed by atoms with van der Waals surface area (Å²) in [4.78, 5) is 12.3. The van der Waals surface area contributed by atoms with E-state index in [1.54, 1.807) is 24.3 Å². The Morgan fingerprint density at radius 3 is 2.28 bits per heavy atom. The van der Waals surface area contributed by atoms with Gasteiger partial charge >= 0.3 is 0 Å². The van der Waals surface area contributed by atoms with Gasteiger partial charge in [-0.05, 0) is 30.7 Å². The van der Waals surface area contributed by atoms with Gasteiger partial charge in [0.1, 0.15) is 5.82 Å². The van der Waals surface area contributed by atoms with Crippen molar-refractivity contribution in [1.82, 2.24) is 0 Å². The monoisotopic (exact) mass is 243 g/mol. The highest BCUT2D eigenvalue weighted by molar-refractivity contribution is 6.10. The van der Waals surface area contributed by atoms with Crippen LogP contribution in [0.1, 0.15) is 21.5 Å². The first-order valence-corrected chi connectivity index (χ1v) is 5.81. The van der Waals surface area contributed by atoms with Gasteiger partial charge in [-0.3, -0.25) is 4.79 Å². The van der Waals surface area contributed by atoms with Crippen molar-refractivity contribution in [3.05, 3.63) is 71.0 Å². The van der Waals surface area contributed by atoms with Crippen LogP contribution in [0, 0.1) is 5.82 Å². The number of hydrogen-bond acceptors (Lipinski definition) is 2. The summed E-state index contributed by atoms with van der Waals surface area (Å²) >= 11 is 0. The molecule has 0 fully saturated rings. The highest BCUT2D eigenvalue weighted by Gasteiger charge is 2.15. The third kappa shape index (κ3) is 2.46. The van der Waals surface area contributed by atoms with Gasteiger partial charge in [0.2, 0.25) is 0 Å². The molecule has 2 rings (SSSR count). The fourth-order valence-electron chi connectivity index (χ4n) is 1.91. The van der Waals surface area contributed by atoms with Gasteiger partial charge in [-0.2, -0.15) is 0 Å². The quantitative estimate of drug-likeness (QED) is 0.839. The van der Waals surface area contributed by atoms with Crippen LogP contribution in [0.15, 0.2) is 48.5 Å². The van der Waals surface area contributed by atoms with Crippen LogP contribution in [0.5, 0.6) is 0 Å². The number of carbonyl (C=O) groups excluding carboxylic acids is 1. The average molecular weight is 243 g/mol. The number of rotatable bonds is 4. The Hall–Kier alpha value is -2.00. The molecule has 0 saturated heterocycles. The number of nitrogens with two attached hydrogens (primary N) is 1. The third-order valence-corrected chi connectivity index (χ3v) is 2.79. The first kappa shape index (κ1) is 12.5. The molecule has 3 heteroatoms. The Bertz CT molecular complexity index is 566. The van der Waals surface area contributed by atoms with Crippen molar-refractivity contribution >= 4 is 5.78 Å². The number of hydrogen-bond donors (Lipinski definition) is 1. The minimum Gasteiger partial charge on any atom is -0.330 e. The summed E-state index contributed by atoms with van der Waals surface area (Å²) < 4.78 is 13.6. The molecule has 0 unspecified atom stereocenters. The molecule has 0 radical (unpaired) electrons. The molecule has 0 atom stereocenters. The van der Waals surface area contributed by atoms with Crippen LogP contribution in [-0.4, -0.2) is 12.3 Å². The summed E-state index contributed by atoms with van der Waals surface area (Å²) in [5, 5.41) is 0.